The van der Waals surface area contributed by atoms with Crippen LogP contribution in [0.5, 0.6) is 0 Å². The molecule has 1 aliphatic heterocycles. The Bertz CT molecular complexity index is 388. The fourth-order valence-corrected chi connectivity index (χ4v) is 2.78. The topological polar surface area (TPSA) is 21.3 Å². The van der Waals surface area contributed by atoms with E-state index >= 15 is 0 Å². The molecule has 1 aromatic rings. The molecule has 0 bridgehead atoms. The average Bonchev–Trinajstić information content (AvgIpc) is 2.88. The Morgan fingerprint density at radius 3 is 2.94 bits per heavy atom. The van der Waals surface area contributed by atoms with Crippen LogP contribution in [0.4, 0.5) is 0 Å². The normalized spacial score (nSPS) is 21.2. The van der Waals surface area contributed by atoms with Crippen molar-refractivity contribution in [3.63, 3.8) is 0 Å². The van der Waals surface area contributed by atoms with Crippen LogP contribution in [0, 0.1) is 12.8 Å². The van der Waals surface area contributed by atoms with Crippen molar-refractivity contribution in [3.05, 3.63) is 33.8 Å². The van der Waals surface area contributed by atoms with E-state index in [1.165, 1.54) is 22.0 Å². The maximum absolute atomic E-state index is 5.54. The number of ether oxygens (including phenoxy) is 1. The molecule has 1 aliphatic rings. The quantitative estimate of drug-likeness (QED) is 0.892. The summed E-state index contributed by atoms with van der Waals surface area (Å²) < 4.78 is 6.73. The summed E-state index contributed by atoms with van der Waals surface area (Å²) in [5.74, 6) is 0.608. The van der Waals surface area contributed by atoms with Crippen LogP contribution in [-0.2, 0) is 4.74 Å². The van der Waals surface area contributed by atoms with E-state index in [9.17, 15) is 0 Å². The predicted octanol–water partition coefficient (Wildman–Crippen LogP) is 3.83. The molecule has 100 valence electrons. The Morgan fingerprint density at radius 1 is 1.50 bits per heavy atom. The highest BCUT2D eigenvalue weighted by Gasteiger charge is 2.26. The van der Waals surface area contributed by atoms with Crippen LogP contribution in [0.25, 0.3) is 0 Å². The van der Waals surface area contributed by atoms with Gasteiger partial charge in [0, 0.05) is 23.0 Å². The summed E-state index contributed by atoms with van der Waals surface area (Å²) in [6, 6.07) is 7.10. The summed E-state index contributed by atoms with van der Waals surface area (Å²) >= 11 is 3.57. The summed E-state index contributed by atoms with van der Waals surface area (Å²) in [4.78, 5) is 0. The zero-order chi connectivity index (χ0) is 13.0. The van der Waals surface area contributed by atoms with Crippen LogP contribution in [0.2, 0.25) is 0 Å². The molecule has 1 N–H and O–H groups in total. The van der Waals surface area contributed by atoms with Gasteiger partial charge < -0.3 is 10.1 Å². The Balaban J connectivity index is 2.17. The molecule has 2 atom stereocenters. The molecule has 0 radical (unpaired) electrons. The fourth-order valence-electron chi connectivity index (χ4n) is 2.53. The van der Waals surface area contributed by atoms with Gasteiger partial charge in [0.25, 0.3) is 0 Å². The van der Waals surface area contributed by atoms with Crippen molar-refractivity contribution in [2.24, 2.45) is 5.92 Å². The van der Waals surface area contributed by atoms with E-state index in [0.717, 1.165) is 26.2 Å². The third-order valence-electron chi connectivity index (χ3n) is 3.59. The molecular weight excluding hydrogens is 290 g/mol. The fraction of sp³-hybridized carbons (Fsp3) is 0.600. The summed E-state index contributed by atoms with van der Waals surface area (Å²) in [5, 5.41) is 3.68. The molecule has 2 unspecified atom stereocenters. The number of hydrogen-bond acceptors (Lipinski definition) is 2. The lowest BCUT2D eigenvalue weighted by molar-refractivity contribution is 0.176. The summed E-state index contributed by atoms with van der Waals surface area (Å²) in [6.45, 7) is 7.22. The van der Waals surface area contributed by atoms with Crippen LogP contribution in [0.1, 0.15) is 36.9 Å². The lowest BCUT2D eigenvalue weighted by Gasteiger charge is -2.25. The highest BCUT2D eigenvalue weighted by Crippen LogP contribution is 2.30. The molecule has 18 heavy (non-hydrogen) atoms. The number of aryl methyl sites for hydroxylation is 1. The number of benzene rings is 1. The van der Waals surface area contributed by atoms with Gasteiger partial charge in [0.2, 0.25) is 0 Å². The first-order chi connectivity index (χ1) is 8.72. The van der Waals surface area contributed by atoms with Crippen molar-refractivity contribution >= 4 is 15.9 Å². The second-order valence-corrected chi connectivity index (χ2v) is 5.92. The standard InChI is InChI=1S/C15H22BrNO/c1-3-7-17-15(13-6-8-18-10-13)12-4-5-14(16)11(2)9-12/h4-5,9,13,15,17H,3,6-8,10H2,1-2H3. The minimum atomic E-state index is 0.430. The molecule has 1 heterocycles. The second-order valence-electron chi connectivity index (χ2n) is 5.06. The first kappa shape index (κ1) is 14.0. The molecule has 0 saturated carbocycles. The van der Waals surface area contributed by atoms with E-state index in [1.807, 2.05) is 0 Å². The Hall–Kier alpha value is -0.380. The van der Waals surface area contributed by atoms with Crippen molar-refractivity contribution < 1.29 is 4.74 Å². The van der Waals surface area contributed by atoms with E-state index in [2.05, 4.69) is 53.3 Å². The molecule has 1 aromatic carbocycles. The second kappa shape index (κ2) is 6.69. The van der Waals surface area contributed by atoms with Crippen LogP contribution in [0.15, 0.2) is 22.7 Å². The zero-order valence-corrected chi connectivity index (χ0v) is 12.8. The van der Waals surface area contributed by atoms with Gasteiger partial charge in [-0.1, -0.05) is 35.0 Å². The number of rotatable bonds is 5. The van der Waals surface area contributed by atoms with Gasteiger partial charge in [-0.3, -0.25) is 0 Å². The van der Waals surface area contributed by atoms with Gasteiger partial charge in [-0.2, -0.15) is 0 Å². The molecule has 1 fully saturated rings. The van der Waals surface area contributed by atoms with Crippen LogP contribution < -0.4 is 5.32 Å². The molecule has 0 aromatic heterocycles. The molecule has 2 nitrogen and oxygen atoms in total. The molecule has 1 saturated heterocycles. The lowest BCUT2D eigenvalue weighted by Crippen LogP contribution is -2.29. The van der Waals surface area contributed by atoms with E-state index in [4.69, 9.17) is 4.74 Å². The molecular formula is C15H22BrNO. The van der Waals surface area contributed by atoms with Gasteiger partial charge in [-0.15, -0.1) is 0 Å². The van der Waals surface area contributed by atoms with Gasteiger partial charge >= 0.3 is 0 Å². The van der Waals surface area contributed by atoms with Gasteiger partial charge in [0.1, 0.15) is 0 Å². The highest BCUT2D eigenvalue weighted by atomic mass is 79.9. The van der Waals surface area contributed by atoms with Gasteiger partial charge in [0.15, 0.2) is 0 Å². The third-order valence-corrected chi connectivity index (χ3v) is 4.48. The SMILES string of the molecule is CCCNC(c1ccc(Br)c(C)c1)C1CCOC1. The van der Waals surface area contributed by atoms with Crippen molar-refractivity contribution in [3.8, 4) is 0 Å². The van der Waals surface area contributed by atoms with Gasteiger partial charge in [0.05, 0.1) is 6.61 Å². The molecule has 0 spiro atoms. The number of nitrogens with one attached hydrogen (secondary N) is 1. The van der Waals surface area contributed by atoms with E-state index < -0.39 is 0 Å². The maximum Gasteiger partial charge on any atom is 0.0513 e. The predicted molar refractivity (Wildman–Crippen MR) is 78.8 cm³/mol. The Kier molecular flexibility index (Phi) is 5.22. The van der Waals surface area contributed by atoms with E-state index in [1.54, 1.807) is 0 Å². The first-order valence-corrected chi connectivity index (χ1v) is 7.59. The third kappa shape index (κ3) is 3.34. The summed E-state index contributed by atoms with van der Waals surface area (Å²) in [7, 11) is 0. The smallest absolute Gasteiger partial charge is 0.0513 e. The van der Waals surface area contributed by atoms with E-state index in [0.29, 0.717) is 12.0 Å². The van der Waals surface area contributed by atoms with Crippen molar-refractivity contribution in [2.75, 3.05) is 19.8 Å². The number of hydrogen-bond donors (Lipinski definition) is 1. The zero-order valence-electron chi connectivity index (χ0n) is 11.2. The van der Waals surface area contributed by atoms with Crippen molar-refractivity contribution in [2.45, 2.75) is 32.7 Å². The average molecular weight is 312 g/mol. The minimum Gasteiger partial charge on any atom is -0.381 e. The Labute approximate surface area is 118 Å². The molecule has 2 rings (SSSR count). The summed E-state index contributed by atoms with van der Waals surface area (Å²) in [6.07, 6.45) is 2.33. The highest BCUT2D eigenvalue weighted by molar-refractivity contribution is 9.10. The maximum atomic E-state index is 5.54. The van der Waals surface area contributed by atoms with Crippen LogP contribution in [0.3, 0.4) is 0 Å². The largest absolute Gasteiger partial charge is 0.381 e. The van der Waals surface area contributed by atoms with Crippen molar-refractivity contribution in [1.82, 2.24) is 5.32 Å². The van der Waals surface area contributed by atoms with Crippen LogP contribution >= 0.6 is 15.9 Å². The Morgan fingerprint density at radius 2 is 2.33 bits per heavy atom. The van der Waals surface area contributed by atoms with Gasteiger partial charge in [-0.25, -0.2) is 0 Å². The van der Waals surface area contributed by atoms with Gasteiger partial charge in [-0.05, 0) is 43.5 Å². The van der Waals surface area contributed by atoms with Crippen LogP contribution in [-0.4, -0.2) is 19.8 Å². The monoisotopic (exact) mass is 311 g/mol. The van der Waals surface area contributed by atoms with E-state index in [-0.39, 0.29) is 0 Å². The molecule has 0 aliphatic carbocycles. The molecule has 3 heteroatoms. The molecule has 0 amide bonds. The minimum absolute atomic E-state index is 0.430. The first-order valence-electron chi connectivity index (χ1n) is 6.79. The number of halogens is 1. The lowest BCUT2D eigenvalue weighted by atomic mass is 9.91. The van der Waals surface area contributed by atoms with Crippen molar-refractivity contribution in [1.29, 1.82) is 0 Å². The summed E-state index contributed by atoms with van der Waals surface area (Å²) in [5.41, 5.74) is 2.69.